The van der Waals surface area contributed by atoms with Gasteiger partial charge in [0.25, 0.3) is 0 Å². The van der Waals surface area contributed by atoms with E-state index in [1.54, 1.807) is 0 Å². The first kappa shape index (κ1) is 16.4. The molecule has 1 saturated heterocycles. The second-order valence-electron chi connectivity index (χ2n) is 6.32. The van der Waals surface area contributed by atoms with Crippen LogP contribution in [0.3, 0.4) is 0 Å². The van der Waals surface area contributed by atoms with Crippen molar-refractivity contribution in [3.05, 3.63) is 11.7 Å². The van der Waals surface area contributed by atoms with Crippen molar-refractivity contribution in [3.63, 3.8) is 0 Å². The lowest BCUT2D eigenvalue weighted by Crippen LogP contribution is -2.34. The van der Waals surface area contributed by atoms with E-state index >= 15 is 0 Å². The highest BCUT2D eigenvalue weighted by atomic mass is 16.5. The number of hydrogen-bond donors (Lipinski definition) is 1. The summed E-state index contributed by atoms with van der Waals surface area (Å²) in [7, 11) is 0. The van der Waals surface area contributed by atoms with Gasteiger partial charge >= 0.3 is 0 Å². The molecule has 2 heterocycles. The van der Waals surface area contributed by atoms with Crippen LogP contribution < -0.4 is 0 Å². The van der Waals surface area contributed by atoms with Crippen LogP contribution in [0.1, 0.15) is 51.4 Å². The lowest BCUT2D eigenvalue weighted by molar-refractivity contribution is 0.0402. The summed E-state index contributed by atoms with van der Waals surface area (Å²) in [5.74, 6) is 2.21. The predicted molar refractivity (Wildman–Crippen MR) is 78.6 cm³/mol. The number of ether oxygens (including phenoxy) is 1. The molecule has 2 rings (SSSR count). The second kappa shape index (κ2) is 7.87. The molecule has 0 amide bonds. The molecule has 1 N–H and O–H groups in total. The number of likely N-dealkylation sites (tertiary alicyclic amines) is 1. The molecule has 1 atom stereocenters. The molecule has 21 heavy (non-hydrogen) atoms. The topological polar surface area (TPSA) is 71.6 Å². The van der Waals surface area contributed by atoms with Crippen LogP contribution in [0.5, 0.6) is 0 Å². The van der Waals surface area contributed by atoms with Crippen LogP contribution in [-0.2, 0) is 11.3 Å². The first-order valence-electron chi connectivity index (χ1n) is 7.85. The van der Waals surface area contributed by atoms with Gasteiger partial charge in [0.1, 0.15) is 6.10 Å². The maximum atomic E-state index is 9.15. The molecule has 1 unspecified atom stereocenters. The van der Waals surface area contributed by atoms with Crippen molar-refractivity contribution >= 4 is 0 Å². The van der Waals surface area contributed by atoms with E-state index in [1.807, 2.05) is 6.92 Å². The Kier molecular flexibility index (Phi) is 6.14. The highest BCUT2D eigenvalue weighted by molar-refractivity contribution is 4.90. The Bertz CT molecular complexity index is 414. The summed E-state index contributed by atoms with van der Waals surface area (Å²) in [4.78, 5) is 6.72. The van der Waals surface area contributed by atoms with E-state index in [4.69, 9.17) is 14.4 Å². The molecular formula is C15H27N3O3. The van der Waals surface area contributed by atoms with Crippen LogP contribution in [0.2, 0.25) is 0 Å². The number of rotatable bonds is 7. The van der Waals surface area contributed by atoms with E-state index in [0.717, 1.165) is 25.9 Å². The number of hydrogen-bond acceptors (Lipinski definition) is 6. The van der Waals surface area contributed by atoms with Gasteiger partial charge in [-0.1, -0.05) is 19.0 Å². The molecule has 120 valence electrons. The lowest BCUT2D eigenvalue weighted by atomic mass is 9.98. The summed E-state index contributed by atoms with van der Waals surface area (Å²) in [6.45, 7) is 9.80. The van der Waals surface area contributed by atoms with E-state index in [0.29, 0.717) is 43.3 Å². The van der Waals surface area contributed by atoms with Crippen molar-refractivity contribution < 1.29 is 14.4 Å². The first-order valence-corrected chi connectivity index (χ1v) is 7.85. The zero-order valence-electron chi connectivity index (χ0n) is 13.3. The van der Waals surface area contributed by atoms with Gasteiger partial charge in [-0.25, -0.2) is 0 Å². The summed E-state index contributed by atoms with van der Waals surface area (Å²) >= 11 is 0. The first-order chi connectivity index (χ1) is 10.1. The molecular weight excluding hydrogens is 270 g/mol. The van der Waals surface area contributed by atoms with E-state index in [-0.39, 0.29) is 6.10 Å². The fourth-order valence-electron chi connectivity index (χ4n) is 2.43. The molecule has 0 aromatic carbocycles. The maximum absolute atomic E-state index is 9.15. The average molecular weight is 297 g/mol. The van der Waals surface area contributed by atoms with Crippen molar-refractivity contribution in [2.24, 2.45) is 11.8 Å². The number of piperidine rings is 1. The number of nitrogens with zero attached hydrogens (tertiary/aromatic N) is 3. The molecule has 0 radical (unpaired) electrons. The van der Waals surface area contributed by atoms with E-state index in [2.05, 4.69) is 28.9 Å². The molecule has 1 aromatic heterocycles. The van der Waals surface area contributed by atoms with Gasteiger partial charge in [-0.3, -0.25) is 4.90 Å². The molecule has 1 aliphatic heterocycles. The van der Waals surface area contributed by atoms with Crippen molar-refractivity contribution in [1.82, 2.24) is 15.0 Å². The molecule has 1 aliphatic rings. The van der Waals surface area contributed by atoms with Crippen molar-refractivity contribution in [2.75, 3.05) is 26.3 Å². The predicted octanol–water partition coefficient (Wildman–Crippen LogP) is 2.01. The summed E-state index contributed by atoms with van der Waals surface area (Å²) in [6, 6.07) is 0. The van der Waals surface area contributed by atoms with Crippen LogP contribution in [0.15, 0.2) is 4.52 Å². The fourth-order valence-corrected chi connectivity index (χ4v) is 2.43. The molecule has 1 aromatic rings. The van der Waals surface area contributed by atoms with E-state index < -0.39 is 0 Å². The van der Waals surface area contributed by atoms with E-state index in [9.17, 15) is 0 Å². The number of aliphatic hydroxyl groups excluding tert-OH is 1. The maximum Gasteiger partial charge on any atom is 0.240 e. The summed E-state index contributed by atoms with van der Waals surface area (Å²) in [5, 5.41) is 13.2. The van der Waals surface area contributed by atoms with Gasteiger partial charge in [0.15, 0.2) is 5.82 Å². The molecule has 1 fully saturated rings. The molecule has 0 saturated carbocycles. The van der Waals surface area contributed by atoms with Crippen LogP contribution in [0, 0.1) is 11.8 Å². The van der Waals surface area contributed by atoms with Gasteiger partial charge in [-0.05, 0) is 44.7 Å². The SMILES string of the molecule is CC(C)COC(C)c1noc(CN2CCC(CO)CC2)n1. The van der Waals surface area contributed by atoms with Gasteiger partial charge in [0.05, 0.1) is 6.54 Å². The van der Waals surface area contributed by atoms with Crippen LogP contribution in [0.4, 0.5) is 0 Å². The van der Waals surface area contributed by atoms with Gasteiger partial charge in [0, 0.05) is 13.2 Å². The number of aliphatic hydroxyl groups is 1. The summed E-state index contributed by atoms with van der Waals surface area (Å²) in [6.07, 6.45) is 1.93. The van der Waals surface area contributed by atoms with Crippen molar-refractivity contribution in [3.8, 4) is 0 Å². The van der Waals surface area contributed by atoms with Gasteiger partial charge in [0.2, 0.25) is 5.89 Å². The largest absolute Gasteiger partial charge is 0.396 e. The highest BCUT2D eigenvalue weighted by Gasteiger charge is 2.21. The normalized spacial score (nSPS) is 19.3. The van der Waals surface area contributed by atoms with Crippen LogP contribution >= 0.6 is 0 Å². The Morgan fingerprint density at radius 2 is 2.05 bits per heavy atom. The Morgan fingerprint density at radius 3 is 2.67 bits per heavy atom. The molecule has 0 aliphatic carbocycles. The van der Waals surface area contributed by atoms with Gasteiger partial charge in [-0.2, -0.15) is 4.98 Å². The van der Waals surface area contributed by atoms with Crippen LogP contribution in [0.25, 0.3) is 0 Å². The zero-order valence-corrected chi connectivity index (χ0v) is 13.3. The lowest BCUT2D eigenvalue weighted by Gasteiger charge is -2.29. The van der Waals surface area contributed by atoms with Gasteiger partial charge < -0.3 is 14.4 Å². The highest BCUT2D eigenvalue weighted by Crippen LogP contribution is 2.19. The Balaban J connectivity index is 1.80. The zero-order chi connectivity index (χ0) is 15.2. The Hall–Kier alpha value is -0.980. The number of aromatic nitrogens is 2. The minimum atomic E-state index is -0.134. The monoisotopic (exact) mass is 297 g/mol. The third-order valence-corrected chi connectivity index (χ3v) is 3.85. The Labute approximate surface area is 126 Å². The fraction of sp³-hybridized carbons (Fsp3) is 0.867. The van der Waals surface area contributed by atoms with Crippen LogP contribution in [-0.4, -0.2) is 46.5 Å². The summed E-state index contributed by atoms with van der Waals surface area (Å²) in [5.41, 5.74) is 0. The summed E-state index contributed by atoms with van der Waals surface area (Å²) < 4.78 is 11.0. The van der Waals surface area contributed by atoms with Crippen molar-refractivity contribution in [1.29, 1.82) is 0 Å². The smallest absolute Gasteiger partial charge is 0.240 e. The standard InChI is InChI=1S/C15H27N3O3/c1-11(2)10-20-12(3)15-16-14(21-17-15)8-18-6-4-13(9-19)5-7-18/h11-13,19H,4-10H2,1-3H3. The molecule has 6 heteroatoms. The van der Waals surface area contributed by atoms with Crippen molar-refractivity contribution in [2.45, 2.75) is 46.3 Å². The average Bonchev–Trinajstić information content (AvgIpc) is 2.94. The molecule has 6 nitrogen and oxygen atoms in total. The van der Waals surface area contributed by atoms with E-state index in [1.165, 1.54) is 0 Å². The third kappa shape index (κ3) is 5.05. The molecule has 0 spiro atoms. The molecule has 0 bridgehead atoms. The Morgan fingerprint density at radius 1 is 1.33 bits per heavy atom. The second-order valence-corrected chi connectivity index (χ2v) is 6.32. The quantitative estimate of drug-likeness (QED) is 0.830. The minimum Gasteiger partial charge on any atom is -0.396 e. The minimum absolute atomic E-state index is 0.134. The third-order valence-electron chi connectivity index (χ3n) is 3.85. The van der Waals surface area contributed by atoms with Gasteiger partial charge in [-0.15, -0.1) is 0 Å².